The average molecular weight is 302 g/mol. The standard InChI is InChI=1S/C14H26N2O3S/c1-10(13(17)18)4-3-9-15-14(19)16-11-5-7-12(20-2)8-6-11/h10-12H,3-9H2,1-2H3,(H,17,18)(H2,15,16,19). The summed E-state index contributed by atoms with van der Waals surface area (Å²) in [5, 5.41) is 15.3. The Hall–Kier alpha value is -0.910. The number of rotatable bonds is 7. The van der Waals surface area contributed by atoms with E-state index in [0.717, 1.165) is 18.1 Å². The van der Waals surface area contributed by atoms with Gasteiger partial charge in [-0.1, -0.05) is 6.92 Å². The lowest BCUT2D eigenvalue weighted by Crippen LogP contribution is -2.44. The number of thioether (sulfide) groups is 1. The molecule has 0 aromatic heterocycles. The Labute approximate surface area is 125 Å². The van der Waals surface area contributed by atoms with Gasteiger partial charge in [-0.3, -0.25) is 4.79 Å². The van der Waals surface area contributed by atoms with Gasteiger partial charge in [-0.05, 0) is 44.8 Å². The molecule has 0 saturated heterocycles. The Bertz CT molecular complexity index is 318. The van der Waals surface area contributed by atoms with Gasteiger partial charge in [0.25, 0.3) is 0 Å². The van der Waals surface area contributed by atoms with Crippen molar-refractivity contribution in [1.82, 2.24) is 10.6 Å². The summed E-state index contributed by atoms with van der Waals surface area (Å²) in [6.45, 7) is 2.22. The normalized spacial score (nSPS) is 23.9. The summed E-state index contributed by atoms with van der Waals surface area (Å²) in [5.41, 5.74) is 0. The largest absolute Gasteiger partial charge is 0.481 e. The number of hydrogen-bond acceptors (Lipinski definition) is 3. The Morgan fingerprint density at radius 1 is 1.30 bits per heavy atom. The summed E-state index contributed by atoms with van der Waals surface area (Å²) in [6, 6.07) is 0.164. The molecular weight excluding hydrogens is 276 g/mol. The molecule has 20 heavy (non-hydrogen) atoms. The maximum atomic E-state index is 11.7. The van der Waals surface area contributed by atoms with E-state index in [1.165, 1.54) is 12.8 Å². The minimum Gasteiger partial charge on any atom is -0.481 e. The number of aliphatic carboxylic acids is 1. The predicted molar refractivity (Wildman–Crippen MR) is 82.1 cm³/mol. The van der Waals surface area contributed by atoms with Crippen LogP contribution in [-0.2, 0) is 4.79 Å². The fourth-order valence-corrected chi connectivity index (χ4v) is 3.16. The van der Waals surface area contributed by atoms with E-state index in [0.29, 0.717) is 19.4 Å². The molecule has 0 radical (unpaired) electrons. The van der Waals surface area contributed by atoms with E-state index in [2.05, 4.69) is 16.9 Å². The molecule has 5 nitrogen and oxygen atoms in total. The first-order chi connectivity index (χ1) is 9.52. The lowest BCUT2D eigenvalue weighted by Gasteiger charge is -2.28. The molecular formula is C14H26N2O3S. The van der Waals surface area contributed by atoms with Gasteiger partial charge in [0.2, 0.25) is 0 Å². The van der Waals surface area contributed by atoms with E-state index in [9.17, 15) is 9.59 Å². The second kappa shape index (κ2) is 9.10. The van der Waals surface area contributed by atoms with Gasteiger partial charge < -0.3 is 15.7 Å². The lowest BCUT2D eigenvalue weighted by atomic mass is 9.95. The second-order valence-electron chi connectivity index (χ2n) is 5.49. The van der Waals surface area contributed by atoms with Gasteiger partial charge in [-0.25, -0.2) is 4.79 Å². The van der Waals surface area contributed by atoms with Gasteiger partial charge in [-0.15, -0.1) is 0 Å². The second-order valence-corrected chi connectivity index (χ2v) is 6.63. The molecule has 1 fully saturated rings. The summed E-state index contributed by atoms with van der Waals surface area (Å²) in [4.78, 5) is 22.3. The quantitative estimate of drug-likeness (QED) is 0.631. The fraction of sp³-hybridized carbons (Fsp3) is 0.857. The smallest absolute Gasteiger partial charge is 0.315 e. The molecule has 1 rings (SSSR count). The molecule has 6 heteroatoms. The summed E-state index contributed by atoms with van der Waals surface area (Å²) >= 11 is 1.91. The third kappa shape index (κ3) is 6.50. The average Bonchev–Trinajstić information content (AvgIpc) is 2.44. The first-order valence-corrected chi connectivity index (χ1v) is 8.61. The Balaban J connectivity index is 2.07. The maximum absolute atomic E-state index is 11.7. The van der Waals surface area contributed by atoms with Gasteiger partial charge >= 0.3 is 12.0 Å². The van der Waals surface area contributed by atoms with Crippen LogP contribution in [0.25, 0.3) is 0 Å². The Kier molecular flexibility index (Phi) is 7.80. The topological polar surface area (TPSA) is 78.4 Å². The highest BCUT2D eigenvalue weighted by molar-refractivity contribution is 7.99. The summed E-state index contributed by atoms with van der Waals surface area (Å²) in [5.74, 6) is -1.12. The molecule has 3 N–H and O–H groups in total. The van der Waals surface area contributed by atoms with Crippen molar-refractivity contribution < 1.29 is 14.7 Å². The summed E-state index contributed by atoms with van der Waals surface area (Å²) < 4.78 is 0. The van der Waals surface area contributed by atoms with Gasteiger partial charge in [0.1, 0.15) is 0 Å². The van der Waals surface area contributed by atoms with Crippen molar-refractivity contribution in [2.24, 2.45) is 5.92 Å². The number of carboxylic acid groups (broad SMARTS) is 1. The molecule has 1 saturated carbocycles. The zero-order valence-corrected chi connectivity index (χ0v) is 13.2. The number of hydrogen-bond donors (Lipinski definition) is 3. The van der Waals surface area contributed by atoms with Gasteiger partial charge in [-0.2, -0.15) is 11.8 Å². The minimum absolute atomic E-state index is 0.124. The first-order valence-electron chi connectivity index (χ1n) is 7.33. The van der Waals surface area contributed by atoms with Crippen molar-refractivity contribution in [3.63, 3.8) is 0 Å². The van der Waals surface area contributed by atoms with E-state index in [1.807, 2.05) is 11.8 Å². The van der Waals surface area contributed by atoms with Crippen LogP contribution in [0, 0.1) is 5.92 Å². The molecule has 0 bridgehead atoms. The van der Waals surface area contributed by atoms with E-state index < -0.39 is 5.97 Å². The van der Waals surface area contributed by atoms with Crippen LogP contribution in [-0.4, -0.2) is 41.2 Å². The molecule has 1 aliphatic carbocycles. The molecule has 1 atom stereocenters. The number of carbonyl (C=O) groups excluding carboxylic acids is 1. The molecule has 0 aromatic rings. The van der Waals surface area contributed by atoms with Crippen molar-refractivity contribution >= 4 is 23.8 Å². The molecule has 0 spiro atoms. The fourth-order valence-electron chi connectivity index (χ4n) is 2.41. The number of carbonyl (C=O) groups is 2. The van der Waals surface area contributed by atoms with Crippen molar-refractivity contribution in [3.8, 4) is 0 Å². The Morgan fingerprint density at radius 3 is 2.50 bits per heavy atom. The minimum atomic E-state index is -0.778. The van der Waals surface area contributed by atoms with Crippen LogP contribution < -0.4 is 10.6 Å². The highest BCUT2D eigenvalue weighted by Gasteiger charge is 2.21. The number of urea groups is 1. The van der Waals surface area contributed by atoms with Gasteiger partial charge in [0.15, 0.2) is 0 Å². The monoisotopic (exact) mass is 302 g/mol. The summed E-state index contributed by atoms with van der Waals surface area (Å²) in [6.07, 6.45) is 7.87. The number of carboxylic acids is 1. The first kappa shape index (κ1) is 17.1. The van der Waals surface area contributed by atoms with E-state index >= 15 is 0 Å². The van der Waals surface area contributed by atoms with Crippen molar-refractivity contribution in [1.29, 1.82) is 0 Å². The molecule has 0 aromatic carbocycles. The molecule has 0 heterocycles. The summed E-state index contributed by atoms with van der Waals surface area (Å²) in [7, 11) is 0. The lowest BCUT2D eigenvalue weighted by molar-refractivity contribution is -0.141. The Morgan fingerprint density at radius 2 is 1.95 bits per heavy atom. The maximum Gasteiger partial charge on any atom is 0.315 e. The molecule has 0 aliphatic heterocycles. The van der Waals surface area contributed by atoms with E-state index in [1.54, 1.807) is 6.92 Å². The van der Waals surface area contributed by atoms with Crippen LogP contribution in [0.2, 0.25) is 0 Å². The van der Waals surface area contributed by atoms with Crippen LogP contribution >= 0.6 is 11.8 Å². The van der Waals surface area contributed by atoms with Crippen molar-refractivity contribution in [2.75, 3.05) is 12.8 Å². The molecule has 1 unspecified atom stereocenters. The van der Waals surface area contributed by atoms with E-state index in [4.69, 9.17) is 5.11 Å². The molecule has 2 amide bonds. The van der Waals surface area contributed by atoms with Crippen LogP contribution in [0.15, 0.2) is 0 Å². The third-order valence-electron chi connectivity index (χ3n) is 3.86. The van der Waals surface area contributed by atoms with Gasteiger partial charge in [0.05, 0.1) is 5.92 Å². The van der Waals surface area contributed by atoms with Crippen LogP contribution in [0.3, 0.4) is 0 Å². The van der Waals surface area contributed by atoms with Crippen LogP contribution in [0.5, 0.6) is 0 Å². The SMILES string of the molecule is CSC1CCC(NC(=O)NCCCC(C)C(=O)O)CC1. The van der Waals surface area contributed by atoms with Crippen molar-refractivity contribution in [3.05, 3.63) is 0 Å². The highest BCUT2D eigenvalue weighted by Crippen LogP contribution is 2.26. The van der Waals surface area contributed by atoms with Gasteiger partial charge in [0, 0.05) is 17.8 Å². The number of nitrogens with one attached hydrogen (secondary N) is 2. The van der Waals surface area contributed by atoms with Crippen LogP contribution in [0.4, 0.5) is 4.79 Å². The third-order valence-corrected chi connectivity index (χ3v) is 5.00. The van der Waals surface area contributed by atoms with Crippen LogP contribution in [0.1, 0.15) is 45.4 Å². The highest BCUT2D eigenvalue weighted by atomic mass is 32.2. The zero-order valence-electron chi connectivity index (χ0n) is 12.4. The zero-order chi connectivity index (χ0) is 15.0. The molecule has 116 valence electrons. The number of amides is 2. The van der Waals surface area contributed by atoms with Crippen molar-refractivity contribution in [2.45, 2.75) is 56.7 Å². The molecule has 1 aliphatic rings. The van der Waals surface area contributed by atoms with E-state index in [-0.39, 0.29) is 18.0 Å². The predicted octanol–water partition coefficient (Wildman–Crippen LogP) is 2.46.